The Labute approximate surface area is 129 Å². The minimum Gasteiger partial charge on any atom is -0.478 e. The Morgan fingerprint density at radius 1 is 1.23 bits per heavy atom. The standard InChI is InChI=1S/C17H19NO4/c1-11-14(15(19)20)9-13(22-11)10-18-16(21)17(2,3)12-7-5-4-6-8-12/h4-9H,10H2,1-3H3,(H,18,21)(H,19,20). The van der Waals surface area contributed by atoms with Gasteiger partial charge in [0.25, 0.3) is 0 Å². The van der Waals surface area contributed by atoms with Crippen LogP contribution in [0.4, 0.5) is 0 Å². The summed E-state index contributed by atoms with van der Waals surface area (Å²) in [6, 6.07) is 10.9. The summed E-state index contributed by atoms with van der Waals surface area (Å²) in [5, 5.41) is 11.8. The maximum atomic E-state index is 12.4. The van der Waals surface area contributed by atoms with E-state index in [0.29, 0.717) is 11.5 Å². The molecule has 116 valence electrons. The molecular weight excluding hydrogens is 282 g/mol. The molecule has 1 aromatic heterocycles. The Bertz CT molecular complexity index is 686. The normalized spacial score (nSPS) is 11.2. The first-order valence-electron chi connectivity index (χ1n) is 6.99. The molecule has 1 aromatic carbocycles. The second-order valence-corrected chi connectivity index (χ2v) is 5.66. The summed E-state index contributed by atoms with van der Waals surface area (Å²) >= 11 is 0. The van der Waals surface area contributed by atoms with Crippen LogP contribution in [0.2, 0.25) is 0 Å². The summed E-state index contributed by atoms with van der Waals surface area (Å²) < 4.78 is 5.35. The van der Waals surface area contributed by atoms with Gasteiger partial charge in [-0.2, -0.15) is 0 Å². The molecule has 0 aliphatic heterocycles. The van der Waals surface area contributed by atoms with Crippen molar-refractivity contribution in [1.82, 2.24) is 5.32 Å². The van der Waals surface area contributed by atoms with E-state index in [1.807, 2.05) is 44.2 Å². The summed E-state index contributed by atoms with van der Waals surface area (Å²) in [7, 11) is 0. The fraction of sp³-hybridized carbons (Fsp3) is 0.294. The number of aryl methyl sites for hydroxylation is 1. The van der Waals surface area contributed by atoms with Gasteiger partial charge in [0, 0.05) is 0 Å². The molecule has 0 fully saturated rings. The van der Waals surface area contributed by atoms with Gasteiger partial charge in [0.1, 0.15) is 17.1 Å². The molecule has 0 aliphatic rings. The lowest BCUT2D eigenvalue weighted by atomic mass is 9.84. The number of nitrogens with one attached hydrogen (secondary N) is 1. The van der Waals surface area contributed by atoms with Crippen molar-refractivity contribution in [1.29, 1.82) is 0 Å². The summed E-state index contributed by atoms with van der Waals surface area (Å²) in [6.45, 7) is 5.42. The zero-order valence-electron chi connectivity index (χ0n) is 12.8. The van der Waals surface area contributed by atoms with Gasteiger partial charge in [-0.15, -0.1) is 0 Å². The maximum absolute atomic E-state index is 12.4. The predicted octanol–water partition coefficient (Wildman–Crippen LogP) is 2.88. The van der Waals surface area contributed by atoms with E-state index < -0.39 is 11.4 Å². The van der Waals surface area contributed by atoms with Crippen LogP contribution < -0.4 is 5.32 Å². The first-order chi connectivity index (χ1) is 10.3. The molecule has 5 nitrogen and oxygen atoms in total. The van der Waals surface area contributed by atoms with E-state index in [1.165, 1.54) is 6.07 Å². The van der Waals surface area contributed by atoms with Gasteiger partial charge in [-0.25, -0.2) is 4.79 Å². The van der Waals surface area contributed by atoms with Crippen LogP contribution in [0.15, 0.2) is 40.8 Å². The first-order valence-corrected chi connectivity index (χ1v) is 6.99. The maximum Gasteiger partial charge on any atom is 0.339 e. The van der Waals surface area contributed by atoms with E-state index in [0.717, 1.165) is 5.56 Å². The van der Waals surface area contributed by atoms with Crippen LogP contribution in [0.1, 0.15) is 41.3 Å². The Morgan fingerprint density at radius 3 is 2.41 bits per heavy atom. The lowest BCUT2D eigenvalue weighted by Crippen LogP contribution is -2.39. The fourth-order valence-corrected chi connectivity index (χ4v) is 2.22. The van der Waals surface area contributed by atoms with Crippen LogP contribution in [0.25, 0.3) is 0 Å². The van der Waals surface area contributed by atoms with Crippen LogP contribution in [0, 0.1) is 6.92 Å². The number of carboxylic acids is 1. The Balaban J connectivity index is 2.07. The number of benzene rings is 1. The fourth-order valence-electron chi connectivity index (χ4n) is 2.22. The molecule has 0 saturated heterocycles. The molecule has 1 amide bonds. The molecule has 0 saturated carbocycles. The molecule has 0 aliphatic carbocycles. The van der Waals surface area contributed by atoms with E-state index in [2.05, 4.69) is 5.32 Å². The highest BCUT2D eigenvalue weighted by Crippen LogP contribution is 2.23. The number of carbonyl (C=O) groups is 2. The number of furan rings is 1. The van der Waals surface area contributed by atoms with Gasteiger partial charge in [0.05, 0.1) is 12.0 Å². The molecular formula is C17H19NO4. The summed E-state index contributed by atoms with van der Waals surface area (Å²) in [5.41, 5.74) is 0.347. The summed E-state index contributed by atoms with van der Waals surface area (Å²) in [6.07, 6.45) is 0. The average Bonchev–Trinajstić information content (AvgIpc) is 2.87. The van der Waals surface area contributed by atoms with E-state index in [4.69, 9.17) is 9.52 Å². The van der Waals surface area contributed by atoms with Crippen molar-refractivity contribution in [2.24, 2.45) is 0 Å². The molecule has 0 atom stereocenters. The van der Waals surface area contributed by atoms with Gasteiger partial charge >= 0.3 is 5.97 Å². The van der Waals surface area contributed by atoms with Crippen LogP contribution in [0.5, 0.6) is 0 Å². The Hall–Kier alpha value is -2.56. The van der Waals surface area contributed by atoms with E-state index in [9.17, 15) is 9.59 Å². The lowest BCUT2D eigenvalue weighted by molar-refractivity contribution is -0.125. The van der Waals surface area contributed by atoms with Crippen molar-refractivity contribution in [3.63, 3.8) is 0 Å². The molecule has 2 N–H and O–H groups in total. The second-order valence-electron chi connectivity index (χ2n) is 5.66. The SMILES string of the molecule is Cc1oc(CNC(=O)C(C)(C)c2ccccc2)cc1C(=O)O. The highest BCUT2D eigenvalue weighted by atomic mass is 16.4. The van der Waals surface area contributed by atoms with Crippen LogP contribution >= 0.6 is 0 Å². The Kier molecular flexibility index (Phi) is 4.35. The monoisotopic (exact) mass is 301 g/mol. The molecule has 22 heavy (non-hydrogen) atoms. The highest BCUT2D eigenvalue weighted by molar-refractivity contribution is 5.89. The van der Waals surface area contributed by atoms with Crippen LogP contribution in [-0.4, -0.2) is 17.0 Å². The third-order valence-electron chi connectivity index (χ3n) is 3.69. The number of hydrogen-bond acceptors (Lipinski definition) is 3. The van der Waals surface area contributed by atoms with E-state index in [-0.39, 0.29) is 18.0 Å². The number of carbonyl (C=O) groups excluding carboxylic acids is 1. The van der Waals surface area contributed by atoms with Gasteiger partial charge in [0.2, 0.25) is 5.91 Å². The summed E-state index contributed by atoms with van der Waals surface area (Å²) in [4.78, 5) is 23.4. The third kappa shape index (κ3) is 3.19. The third-order valence-corrected chi connectivity index (χ3v) is 3.69. The first kappa shape index (κ1) is 15.8. The largest absolute Gasteiger partial charge is 0.478 e. The quantitative estimate of drug-likeness (QED) is 0.890. The smallest absolute Gasteiger partial charge is 0.339 e. The minimum absolute atomic E-state index is 0.117. The molecule has 0 spiro atoms. The molecule has 0 radical (unpaired) electrons. The molecule has 0 bridgehead atoms. The minimum atomic E-state index is -1.04. The van der Waals surface area contributed by atoms with Crippen molar-refractivity contribution < 1.29 is 19.1 Å². The van der Waals surface area contributed by atoms with Crippen molar-refractivity contribution in [3.05, 3.63) is 59.0 Å². The predicted molar refractivity (Wildman–Crippen MR) is 81.7 cm³/mol. The average molecular weight is 301 g/mol. The van der Waals surface area contributed by atoms with Gasteiger partial charge in [0.15, 0.2) is 0 Å². The zero-order chi connectivity index (χ0) is 16.3. The van der Waals surface area contributed by atoms with Crippen molar-refractivity contribution >= 4 is 11.9 Å². The number of aromatic carboxylic acids is 1. The molecule has 2 rings (SSSR count). The number of hydrogen-bond donors (Lipinski definition) is 2. The molecule has 2 aromatic rings. The van der Waals surface area contributed by atoms with E-state index in [1.54, 1.807) is 6.92 Å². The number of amides is 1. The van der Waals surface area contributed by atoms with Crippen molar-refractivity contribution in [2.45, 2.75) is 32.7 Å². The van der Waals surface area contributed by atoms with Gasteiger partial charge in [-0.3, -0.25) is 4.79 Å². The Morgan fingerprint density at radius 2 is 1.86 bits per heavy atom. The van der Waals surface area contributed by atoms with Gasteiger partial charge < -0.3 is 14.8 Å². The second kappa shape index (κ2) is 6.05. The molecule has 0 unspecified atom stereocenters. The molecule has 5 heteroatoms. The van der Waals surface area contributed by atoms with E-state index >= 15 is 0 Å². The summed E-state index contributed by atoms with van der Waals surface area (Å²) in [5.74, 6) is -0.431. The van der Waals surface area contributed by atoms with Gasteiger partial charge in [-0.1, -0.05) is 30.3 Å². The zero-order valence-corrected chi connectivity index (χ0v) is 12.8. The molecule has 1 heterocycles. The number of carboxylic acid groups (broad SMARTS) is 1. The van der Waals surface area contributed by atoms with Crippen LogP contribution in [-0.2, 0) is 16.8 Å². The van der Waals surface area contributed by atoms with Crippen molar-refractivity contribution in [2.75, 3.05) is 0 Å². The highest BCUT2D eigenvalue weighted by Gasteiger charge is 2.29. The van der Waals surface area contributed by atoms with Gasteiger partial charge in [-0.05, 0) is 32.4 Å². The topological polar surface area (TPSA) is 79.5 Å². The van der Waals surface area contributed by atoms with Crippen LogP contribution in [0.3, 0.4) is 0 Å². The van der Waals surface area contributed by atoms with Crippen molar-refractivity contribution in [3.8, 4) is 0 Å². The lowest BCUT2D eigenvalue weighted by Gasteiger charge is -2.23. The number of rotatable bonds is 5.